The van der Waals surface area contributed by atoms with Crippen molar-refractivity contribution >= 4 is 5.82 Å². The molecule has 2 aromatic heterocycles. The summed E-state index contributed by atoms with van der Waals surface area (Å²) in [4.78, 5) is 12.3. The van der Waals surface area contributed by atoms with Gasteiger partial charge in [-0.1, -0.05) is 0 Å². The molecule has 0 spiro atoms. The van der Waals surface area contributed by atoms with Crippen molar-refractivity contribution in [3.8, 4) is 11.4 Å². The van der Waals surface area contributed by atoms with Gasteiger partial charge in [-0.25, -0.2) is 14.4 Å². The first-order valence-corrected chi connectivity index (χ1v) is 4.93. The van der Waals surface area contributed by atoms with Crippen LogP contribution in [0.1, 0.15) is 0 Å². The van der Waals surface area contributed by atoms with Crippen molar-refractivity contribution in [3.63, 3.8) is 0 Å². The molecule has 0 bridgehead atoms. The normalized spacial score (nSPS) is 10.1. The van der Waals surface area contributed by atoms with Crippen LogP contribution in [-0.2, 0) is 0 Å². The van der Waals surface area contributed by atoms with Crippen molar-refractivity contribution in [1.82, 2.24) is 15.0 Å². The maximum atomic E-state index is 12.0. The van der Waals surface area contributed by atoms with Crippen LogP contribution >= 0.6 is 0 Å². The lowest BCUT2D eigenvalue weighted by Crippen LogP contribution is -2.05. The number of nitrogens with one attached hydrogen (secondary N) is 1. The van der Waals surface area contributed by atoms with E-state index >= 15 is 0 Å². The molecule has 2 aromatic rings. The topological polar surface area (TPSA) is 50.7 Å². The summed E-state index contributed by atoms with van der Waals surface area (Å²) in [6.07, 6.45) is 5.00. The molecule has 0 aliphatic heterocycles. The summed E-state index contributed by atoms with van der Waals surface area (Å²) in [6.45, 7) is -0.165. The number of alkyl halides is 1. The minimum absolute atomic E-state index is 0.257. The maximum absolute atomic E-state index is 12.0. The number of rotatable bonds is 4. The van der Waals surface area contributed by atoms with E-state index in [2.05, 4.69) is 20.3 Å². The fraction of sp³-hybridized carbons (Fsp3) is 0.182. The lowest BCUT2D eigenvalue weighted by molar-refractivity contribution is 0.512. The van der Waals surface area contributed by atoms with Gasteiger partial charge in [0.2, 0.25) is 0 Å². The van der Waals surface area contributed by atoms with Crippen molar-refractivity contribution in [3.05, 3.63) is 36.8 Å². The molecule has 0 fully saturated rings. The third kappa shape index (κ3) is 2.50. The first-order chi connectivity index (χ1) is 7.90. The fourth-order valence-corrected chi connectivity index (χ4v) is 1.27. The predicted octanol–water partition coefficient (Wildman–Crippen LogP) is 1.92. The van der Waals surface area contributed by atoms with Crippen LogP contribution in [0.2, 0.25) is 0 Å². The molecule has 82 valence electrons. The van der Waals surface area contributed by atoms with E-state index in [1.807, 2.05) is 12.1 Å². The van der Waals surface area contributed by atoms with Gasteiger partial charge in [0.05, 0.1) is 0 Å². The van der Waals surface area contributed by atoms with Gasteiger partial charge in [0, 0.05) is 30.7 Å². The summed E-state index contributed by atoms with van der Waals surface area (Å²) >= 11 is 0. The molecule has 4 nitrogen and oxygen atoms in total. The van der Waals surface area contributed by atoms with Crippen LogP contribution in [0.5, 0.6) is 0 Å². The third-order valence-electron chi connectivity index (χ3n) is 1.99. The zero-order valence-electron chi connectivity index (χ0n) is 8.60. The monoisotopic (exact) mass is 218 g/mol. The van der Waals surface area contributed by atoms with Crippen LogP contribution in [0, 0.1) is 0 Å². The summed E-state index contributed by atoms with van der Waals surface area (Å²) in [7, 11) is 0. The lowest BCUT2D eigenvalue weighted by atomic mass is 10.2. The van der Waals surface area contributed by atoms with Crippen LogP contribution < -0.4 is 5.32 Å². The minimum atomic E-state index is -0.422. The quantitative estimate of drug-likeness (QED) is 0.851. The molecule has 2 heterocycles. The van der Waals surface area contributed by atoms with Crippen LogP contribution in [0.4, 0.5) is 10.2 Å². The van der Waals surface area contributed by atoms with E-state index in [1.54, 1.807) is 24.7 Å². The highest BCUT2D eigenvalue weighted by Crippen LogP contribution is 2.14. The molecule has 0 aliphatic carbocycles. The largest absolute Gasteiger partial charge is 0.367 e. The van der Waals surface area contributed by atoms with E-state index in [4.69, 9.17) is 0 Å². The van der Waals surface area contributed by atoms with Crippen LogP contribution in [0.15, 0.2) is 36.8 Å². The second-order valence-corrected chi connectivity index (χ2v) is 3.12. The molecule has 0 saturated heterocycles. The van der Waals surface area contributed by atoms with E-state index in [9.17, 15) is 4.39 Å². The highest BCUT2D eigenvalue weighted by molar-refractivity contribution is 5.55. The van der Waals surface area contributed by atoms with Crippen molar-refractivity contribution in [1.29, 1.82) is 0 Å². The molecule has 5 heteroatoms. The second kappa shape index (κ2) is 5.16. The Morgan fingerprint density at radius 1 is 1.12 bits per heavy atom. The molecule has 0 aromatic carbocycles. The molecule has 0 radical (unpaired) electrons. The molecular formula is C11H11FN4. The van der Waals surface area contributed by atoms with Crippen LogP contribution in [0.3, 0.4) is 0 Å². The Morgan fingerprint density at radius 3 is 2.69 bits per heavy atom. The maximum Gasteiger partial charge on any atom is 0.161 e. The van der Waals surface area contributed by atoms with Gasteiger partial charge in [0.1, 0.15) is 12.5 Å². The number of nitrogens with zero attached hydrogens (tertiary/aromatic N) is 3. The number of pyridine rings is 1. The van der Waals surface area contributed by atoms with Crippen molar-refractivity contribution in [2.45, 2.75) is 0 Å². The van der Waals surface area contributed by atoms with Gasteiger partial charge in [0.25, 0.3) is 0 Å². The average Bonchev–Trinajstić information content (AvgIpc) is 2.38. The predicted molar refractivity (Wildman–Crippen MR) is 59.7 cm³/mol. The summed E-state index contributed by atoms with van der Waals surface area (Å²) < 4.78 is 12.0. The summed E-state index contributed by atoms with van der Waals surface area (Å²) in [5.74, 6) is 1.23. The van der Waals surface area contributed by atoms with Crippen molar-refractivity contribution in [2.75, 3.05) is 18.5 Å². The Bertz CT molecular complexity index is 447. The Labute approximate surface area is 92.6 Å². The molecule has 0 unspecified atom stereocenters. The molecule has 0 saturated carbocycles. The van der Waals surface area contributed by atoms with E-state index < -0.39 is 6.67 Å². The minimum Gasteiger partial charge on any atom is -0.367 e. The molecular weight excluding hydrogens is 207 g/mol. The molecule has 16 heavy (non-hydrogen) atoms. The highest BCUT2D eigenvalue weighted by Gasteiger charge is 2.01. The van der Waals surface area contributed by atoms with Gasteiger partial charge in [-0.05, 0) is 18.2 Å². The molecule has 0 atom stereocenters. The number of anilines is 1. The number of hydrogen-bond acceptors (Lipinski definition) is 4. The Kier molecular flexibility index (Phi) is 3.38. The van der Waals surface area contributed by atoms with Crippen molar-refractivity contribution in [2.24, 2.45) is 0 Å². The van der Waals surface area contributed by atoms with Gasteiger partial charge in [-0.2, -0.15) is 0 Å². The van der Waals surface area contributed by atoms with Gasteiger partial charge < -0.3 is 5.32 Å². The van der Waals surface area contributed by atoms with E-state index in [-0.39, 0.29) is 6.54 Å². The smallest absolute Gasteiger partial charge is 0.161 e. The van der Waals surface area contributed by atoms with Gasteiger partial charge in [0.15, 0.2) is 5.82 Å². The molecule has 1 N–H and O–H groups in total. The zero-order valence-corrected chi connectivity index (χ0v) is 8.60. The highest BCUT2D eigenvalue weighted by atomic mass is 19.1. The SMILES string of the molecule is FCCNc1ccnc(-c2ccncc2)n1. The van der Waals surface area contributed by atoms with E-state index in [0.717, 1.165) is 5.56 Å². The summed E-state index contributed by atoms with van der Waals surface area (Å²) in [6, 6.07) is 5.36. The fourth-order valence-electron chi connectivity index (χ4n) is 1.27. The lowest BCUT2D eigenvalue weighted by Gasteiger charge is -2.04. The first-order valence-electron chi connectivity index (χ1n) is 4.93. The van der Waals surface area contributed by atoms with Crippen LogP contribution in [0.25, 0.3) is 11.4 Å². The Hall–Kier alpha value is -2.04. The number of aromatic nitrogens is 3. The standard InChI is InChI=1S/C11H11FN4/c12-4-8-14-10-3-7-15-11(16-10)9-1-5-13-6-2-9/h1-3,5-7H,4,8H2,(H,14,15,16). The Morgan fingerprint density at radius 2 is 1.94 bits per heavy atom. The van der Waals surface area contributed by atoms with Crippen LogP contribution in [-0.4, -0.2) is 28.2 Å². The summed E-state index contributed by atoms with van der Waals surface area (Å²) in [5.41, 5.74) is 0.888. The third-order valence-corrected chi connectivity index (χ3v) is 1.99. The van der Waals surface area contributed by atoms with E-state index in [1.165, 1.54) is 0 Å². The van der Waals surface area contributed by atoms with Gasteiger partial charge in [-0.15, -0.1) is 0 Å². The summed E-state index contributed by atoms with van der Waals surface area (Å²) in [5, 5.41) is 2.86. The van der Waals surface area contributed by atoms with Gasteiger partial charge in [-0.3, -0.25) is 4.98 Å². The van der Waals surface area contributed by atoms with Gasteiger partial charge >= 0.3 is 0 Å². The first kappa shape index (κ1) is 10.5. The average molecular weight is 218 g/mol. The molecule has 2 rings (SSSR count). The number of halogens is 1. The molecule has 0 amide bonds. The zero-order chi connectivity index (χ0) is 11.2. The number of hydrogen-bond donors (Lipinski definition) is 1. The van der Waals surface area contributed by atoms with E-state index in [0.29, 0.717) is 11.6 Å². The Balaban J connectivity index is 2.22. The van der Waals surface area contributed by atoms with Crippen molar-refractivity contribution < 1.29 is 4.39 Å². The second-order valence-electron chi connectivity index (χ2n) is 3.12. The molecule has 0 aliphatic rings.